The van der Waals surface area contributed by atoms with Crippen LogP contribution in [-0.4, -0.2) is 23.7 Å². The van der Waals surface area contributed by atoms with E-state index in [1.54, 1.807) is 0 Å². The van der Waals surface area contributed by atoms with Crippen molar-refractivity contribution in [2.24, 2.45) is 0 Å². The van der Waals surface area contributed by atoms with E-state index in [0.717, 1.165) is 112 Å². The van der Waals surface area contributed by atoms with Crippen LogP contribution in [0.15, 0.2) is 364 Å². The molecule has 0 saturated heterocycles. The highest BCUT2D eigenvalue weighted by atomic mass is 15.2. The first kappa shape index (κ1) is 63.9. The van der Waals surface area contributed by atoms with Crippen molar-refractivity contribution in [1.29, 1.82) is 0 Å². The third-order valence-electron chi connectivity index (χ3n) is 24.8. The molecule has 526 valence electrons. The summed E-state index contributed by atoms with van der Waals surface area (Å²) in [5.74, 6) is 1.53. The maximum absolute atomic E-state index is 5.65. The molecule has 0 radical (unpaired) electrons. The van der Waals surface area contributed by atoms with Crippen LogP contribution in [0.5, 0.6) is 0 Å². The van der Waals surface area contributed by atoms with E-state index < -0.39 is 0 Å². The first-order chi connectivity index (χ1) is 55.1. The van der Waals surface area contributed by atoms with Crippen molar-refractivity contribution in [3.63, 3.8) is 0 Å². The molecule has 112 heavy (non-hydrogen) atoms. The first-order valence-corrected chi connectivity index (χ1v) is 38.9. The molecular formula is C106H72N6. The molecule has 0 saturated carbocycles. The minimum absolute atomic E-state index is 0.165. The van der Waals surface area contributed by atoms with Crippen LogP contribution in [0.3, 0.4) is 0 Å². The molecule has 0 atom stereocenters. The molecule has 6 nitrogen and oxygen atoms in total. The number of hydrogen-bond donors (Lipinski definition) is 0. The van der Waals surface area contributed by atoms with Gasteiger partial charge in [-0.05, 0) is 186 Å². The van der Waals surface area contributed by atoms with Crippen molar-refractivity contribution in [2.45, 2.75) is 38.5 Å². The zero-order chi connectivity index (χ0) is 74.2. The molecule has 4 heterocycles. The SMILES string of the molecule is CC1(C)c2ccccc2-c2cc3c(cc21)c1c2ccccc2c(N(c2ccc(-c4cccc(-c5ccc6c(c5)c5ccccc5n6-c5cc6c(c7ccccc57)c5cc7c(cc5n6-c5nc(-c6ccccc6)nc6ccccc56)-c5ccccc5C7(C)C)c4)cc2)c2ccccc2-c2ccccc2)cc1n3-c1ccccc1. The van der Waals surface area contributed by atoms with Gasteiger partial charge in [0.1, 0.15) is 5.82 Å². The molecule has 0 bridgehead atoms. The number of nitrogens with zero attached hydrogens (tertiary/aromatic N) is 6. The van der Waals surface area contributed by atoms with Gasteiger partial charge in [-0.1, -0.05) is 289 Å². The minimum atomic E-state index is -0.210. The molecule has 0 aliphatic heterocycles. The van der Waals surface area contributed by atoms with Gasteiger partial charge in [-0.15, -0.1) is 0 Å². The lowest BCUT2D eigenvalue weighted by Gasteiger charge is -2.29. The van der Waals surface area contributed by atoms with Gasteiger partial charge in [-0.2, -0.15) is 0 Å². The van der Waals surface area contributed by atoms with Gasteiger partial charge >= 0.3 is 0 Å². The van der Waals surface area contributed by atoms with Crippen molar-refractivity contribution in [3.05, 3.63) is 386 Å². The molecule has 21 aromatic rings. The van der Waals surface area contributed by atoms with Crippen LogP contribution >= 0.6 is 0 Å². The van der Waals surface area contributed by atoms with Gasteiger partial charge in [-0.25, -0.2) is 9.97 Å². The Balaban J connectivity index is 0.678. The second-order valence-corrected chi connectivity index (χ2v) is 31.5. The minimum Gasteiger partial charge on any atom is -0.309 e. The standard InChI is InChI=1S/C106H72N6/c1-105(2)87-46-23-18-38-74(87)82-61-95-85(59-89(82)105)101-79-43-16-14-40-76(79)97(63-99(101)110(95)71-35-12-7-13-36-71)109(92-49-26-21-37-73(92)66-29-8-5-9-30-66)72-54-51-65(52-55-72)68-33-28-34-69(57-68)70-53-56-94-84(58-70)78-42-22-27-50-93(78)111(94)98-64-100-102(80-44-17-15-41-77(80)98)86-60-90-83(75-39-19-24-47-88(75)106(90,3)4)62-96(86)112(100)104-81-45-20-25-48-91(81)107-103(108-104)67-31-10-6-11-32-67/h5-64H,1-4H3. The van der Waals surface area contributed by atoms with Crippen LogP contribution in [0, 0.1) is 0 Å². The average molecular weight is 1430 g/mol. The van der Waals surface area contributed by atoms with Crippen LogP contribution in [0.1, 0.15) is 49.9 Å². The van der Waals surface area contributed by atoms with Gasteiger partial charge in [-0.3, -0.25) is 4.57 Å². The van der Waals surface area contributed by atoms with Crippen LogP contribution in [0.25, 0.3) is 182 Å². The Kier molecular flexibility index (Phi) is 13.8. The predicted molar refractivity (Wildman–Crippen MR) is 469 cm³/mol. The Hall–Kier alpha value is -14.2. The number of anilines is 3. The Morgan fingerprint density at radius 1 is 0.250 bits per heavy atom. The predicted octanol–water partition coefficient (Wildman–Crippen LogP) is 28.0. The van der Waals surface area contributed by atoms with E-state index in [0.29, 0.717) is 5.82 Å². The normalized spacial score (nSPS) is 13.3. The van der Waals surface area contributed by atoms with Crippen molar-refractivity contribution < 1.29 is 0 Å². The molecule has 2 aliphatic carbocycles. The lowest BCUT2D eigenvalue weighted by Crippen LogP contribution is -2.14. The summed E-state index contributed by atoms with van der Waals surface area (Å²) in [5, 5.41) is 13.0. The summed E-state index contributed by atoms with van der Waals surface area (Å²) in [6.45, 7) is 9.54. The van der Waals surface area contributed by atoms with Crippen LogP contribution in [0.2, 0.25) is 0 Å². The largest absolute Gasteiger partial charge is 0.309 e. The Bertz CT molecular complexity index is 7540. The maximum Gasteiger partial charge on any atom is 0.162 e. The van der Waals surface area contributed by atoms with Crippen LogP contribution in [0.4, 0.5) is 17.1 Å². The monoisotopic (exact) mass is 1430 g/mol. The van der Waals surface area contributed by atoms with E-state index in [9.17, 15) is 0 Å². The second kappa shape index (κ2) is 24.1. The van der Waals surface area contributed by atoms with E-state index >= 15 is 0 Å². The molecule has 17 aromatic carbocycles. The van der Waals surface area contributed by atoms with Gasteiger partial charge in [0.05, 0.1) is 55.7 Å². The van der Waals surface area contributed by atoms with Crippen molar-refractivity contribution in [3.8, 4) is 84.2 Å². The molecule has 2 aliphatic rings. The van der Waals surface area contributed by atoms with E-state index in [1.807, 2.05) is 0 Å². The number of fused-ring (bicyclic) bond motifs is 20. The van der Waals surface area contributed by atoms with Gasteiger partial charge in [0.15, 0.2) is 5.82 Å². The Labute approximate surface area is 648 Å². The van der Waals surface area contributed by atoms with Crippen LogP contribution < -0.4 is 4.90 Å². The summed E-state index contributed by atoms with van der Waals surface area (Å²) in [6, 6.07) is 135. The van der Waals surface area contributed by atoms with E-state index in [-0.39, 0.29) is 10.8 Å². The van der Waals surface area contributed by atoms with Gasteiger partial charge in [0.25, 0.3) is 0 Å². The molecule has 0 spiro atoms. The number of para-hydroxylation sites is 4. The van der Waals surface area contributed by atoms with Crippen LogP contribution in [-0.2, 0) is 10.8 Å². The van der Waals surface area contributed by atoms with E-state index in [2.05, 4.69) is 410 Å². The third-order valence-corrected chi connectivity index (χ3v) is 24.8. The highest BCUT2D eigenvalue weighted by Gasteiger charge is 2.39. The quantitative estimate of drug-likeness (QED) is 0.137. The maximum atomic E-state index is 5.65. The average Bonchev–Trinajstić information content (AvgIpc) is 1.54. The molecule has 23 rings (SSSR count). The van der Waals surface area contributed by atoms with E-state index in [1.165, 1.54) is 104 Å². The Morgan fingerprint density at radius 3 is 1.42 bits per heavy atom. The number of hydrogen-bond acceptors (Lipinski definition) is 3. The summed E-state index contributed by atoms with van der Waals surface area (Å²) in [7, 11) is 0. The molecular weight excluding hydrogens is 1360 g/mol. The summed E-state index contributed by atoms with van der Waals surface area (Å²) >= 11 is 0. The molecule has 0 unspecified atom stereocenters. The highest BCUT2D eigenvalue weighted by Crippen LogP contribution is 2.56. The highest BCUT2D eigenvalue weighted by molar-refractivity contribution is 6.27. The third kappa shape index (κ3) is 9.33. The number of benzene rings is 17. The number of aromatic nitrogens is 5. The van der Waals surface area contributed by atoms with Gasteiger partial charge in [0.2, 0.25) is 0 Å². The fourth-order valence-corrected chi connectivity index (χ4v) is 19.5. The fraction of sp³-hybridized carbons (Fsp3) is 0.0566. The summed E-state index contributed by atoms with van der Waals surface area (Å²) < 4.78 is 7.48. The topological polar surface area (TPSA) is 43.8 Å². The molecule has 0 amide bonds. The van der Waals surface area contributed by atoms with E-state index in [4.69, 9.17) is 9.97 Å². The molecule has 0 N–H and O–H groups in total. The van der Waals surface area contributed by atoms with Crippen molar-refractivity contribution >= 4 is 115 Å². The second-order valence-electron chi connectivity index (χ2n) is 31.5. The summed E-state index contributed by atoms with van der Waals surface area (Å²) in [6.07, 6.45) is 0. The summed E-state index contributed by atoms with van der Waals surface area (Å²) in [4.78, 5) is 13.4. The van der Waals surface area contributed by atoms with Crippen molar-refractivity contribution in [1.82, 2.24) is 23.7 Å². The zero-order valence-electron chi connectivity index (χ0n) is 62.3. The lowest BCUT2D eigenvalue weighted by molar-refractivity contribution is 0.661. The molecule has 6 heteroatoms. The lowest BCUT2D eigenvalue weighted by atomic mass is 9.82. The first-order valence-electron chi connectivity index (χ1n) is 38.9. The Morgan fingerprint density at radius 2 is 0.741 bits per heavy atom. The van der Waals surface area contributed by atoms with Crippen molar-refractivity contribution in [2.75, 3.05) is 4.90 Å². The smallest absolute Gasteiger partial charge is 0.162 e. The zero-order valence-corrected chi connectivity index (χ0v) is 62.3. The van der Waals surface area contributed by atoms with Gasteiger partial charge in [0, 0.05) is 81.8 Å². The fourth-order valence-electron chi connectivity index (χ4n) is 19.5. The molecule has 4 aromatic heterocycles. The summed E-state index contributed by atoms with van der Waals surface area (Å²) in [5.41, 5.74) is 31.2. The molecule has 0 fully saturated rings. The van der Waals surface area contributed by atoms with Gasteiger partial charge < -0.3 is 14.0 Å². The number of rotatable bonds is 10.